The molecule has 0 aliphatic carbocycles. The number of nitrogens with one attached hydrogen (secondary N) is 2. The lowest BCUT2D eigenvalue weighted by atomic mass is 10.3. The van der Waals surface area contributed by atoms with Crippen molar-refractivity contribution in [2.24, 2.45) is 0 Å². The number of hydrogen-bond donors (Lipinski definition) is 3. The lowest BCUT2D eigenvalue weighted by Crippen LogP contribution is -2.24. The van der Waals surface area contributed by atoms with E-state index >= 15 is 0 Å². The van der Waals surface area contributed by atoms with Crippen LogP contribution in [0.1, 0.15) is 20.3 Å². The Morgan fingerprint density at radius 3 is 2.72 bits per heavy atom. The predicted octanol–water partition coefficient (Wildman–Crippen LogP) is 3.74. The Bertz CT molecular complexity index is 901. The van der Waals surface area contributed by atoms with Crippen LogP contribution in [0.2, 0.25) is 0 Å². The lowest BCUT2D eigenvalue weighted by Gasteiger charge is -2.14. The fourth-order valence-electron chi connectivity index (χ4n) is 2.10. The third kappa shape index (κ3) is 7.87. The van der Waals surface area contributed by atoms with E-state index in [0.29, 0.717) is 22.4 Å². The fraction of sp³-hybridized carbons (Fsp3) is 0.278. The first-order valence-electron chi connectivity index (χ1n) is 8.67. The largest absolute Gasteiger partial charge is 0.478 e. The maximum absolute atomic E-state index is 12.6. The lowest BCUT2D eigenvalue weighted by molar-refractivity contribution is -0.131. The standard InChI is InChI=1S/C18H20N4O4S3/c1-3-13(16(26)20-17-21-18(22-29-17)27-4-2)28-12-7-5-6-11(10-12)19-14(23)8-9-15(24)25/h5-10,13H,3-4H2,1-2H3,(H,19,23)(H,24,25)(H,20,21,22,26)/b9-8+. The Hall–Kier alpha value is -2.37. The molecular weight excluding hydrogens is 432 g/mol. The molecule has 11 heteroatoms. The van der Waals surface area contributed by atoms with Crippen LogP contribution in [0.25, 0.3) is 0 Å². The summed E-state index contributed by atoms with van der Waals surface area (Å²) >= 11 is 4.03. The highest BCUT2D eigenvalue weighted by molar-refractivity contribution is 8.00. The molecule has 0 aliphatic rings. The number of anilines is 2. The first kappa shape index (κ1) is 22.9. The van der Waals surface area contributed by atoms with Crippen LogP contribution in [-0.2, 0) is 14.4 Å². The van der Waals surface area contributed by atoms with Crippen LogP contribution in [0.4, 0.5) is 10.8 Å². The highest BCUT2D eigenvalue weighted by atomic mass is 32.2. The normalized spacial score (nSPS) is 11.9. The number of amides is 2. The molecule has 0 spiro atoms. The molecular formula is C18H20N4O4S3. The molecule has 0 aliphatic heterocycles. The molecule has 2 aromatic rings. The van der Waals surface area contributed by atoms with Crippen molar-refractivity contribution in [2.75, 3.05) is 16.4 Å². The van der Waals surface area contributed by atoms with Crippen molar-refractivity contribution in [3.05, 3.63) is 36.4 Å². The van der Waals surface area contributed by atoms with E-state index in [1.807, 2.05) is 19.9 Å². The van der Waals surface area contributed by atoms with E-state index in [1.54, 1.807) is 18.2 Å². The Morgan fingerprint density at radius 2 is 2.03 bits per heavy atom. The van der Waals surface area contributed by atoms with Crippen molar-refractivity contribution in [3.8, 4) is 0 Å². The number of thioether (sulfide) groups is 2. The number of carbonyl (C=O) groups is 3. The number of aromatic nitrogens is 2. The fourth-order valence-corrected chi connectivity index (χ4v) is 4.39. The third-order valence-electron chi connectivity index (χ3n) is 3.33. The Balaban J connectivity index is 1.99. The van der Waals surface area contributed by atoms with Crippen LogP contribution < -0.4 is 10.6 Å². The van der Waals surface area contributed by atoms with E-state index in [2.05, 4.69) is 20.0 Å². The van der Waals surface area contributed by atoms with Gasteiger partial charge in [-0.1, -0.05) is 31.7 Å². The molecule has 29 heavy (non-hydrogen) atoms. The van der Waals surface area contributed by atoms with Gasteiger partial charge in [0.25, 0.3) is 0 Å². The molecule has 0 radical (unpaired) electrons. The van der Waals surface area contributed by atoms with Crippen molar-refractivity contribution in [3.63, 3.8) is 0 Å². The second-order valence-electron chi connectivity index (χ2n) is 5.51. The SMILES string of the molecule is CCSc1nsc(NC(=O)C(CC)Sc2cccc(NC(=O)/C=C/C(=O)O)c2)n1. The van der Waals surface area contributed by atoms with Crippen molar-refractivity contribution >= 4 is 63.7 Å². The first-order chi connectivity index (χ1) is 13.9. The summed E-state index contributed by atoms with van der Waals surface area (Å²) in [7, 11) is 0. The zero-order valence-corrected chi connectivity index (χ0v) is 18.2. The van der Waals surface area contributed by atoms with Gasteiger partial charge in [-0.05, 0) is 30.4 Å². The highest BCUT2D eigenvalue weighted by Crippen LogP contribution is 2.29. The van der Waals surface area contributed by atoms with Crippen LogP contribution in [0.3, 0.4) is 0 Å². The maximum atomic E-state index is 12.6. The number of rotatable bonds is 10. The third-order valence-corrected chi connectivity index (χ3v) is 6.16. The summed E-state index contributed by atoms with van der Waals surface area (Å²) in [5, 5.41) is 14.7. The number of benzene rings is 1. The second kappa shape index (κ2) is 11.6. The van der Waals surface area contributed by atoms with Crippen molar-refractivity contribution < 1.29 is 19.5 Å². The Kier molecular flexibility index (Phi) is 9.16. The number of carbonyl (C=O) groups excluding carboxylic acids is 2. The highest BCUT2D eigenvalue weighted by Gasteiger charge is 2.20. The summed E-state index contributed by atoms with van der Waals surface area (Å²) in [5.74, 6) is -1.05. The van der Waals surface area contributed by atoms with Gasteiger partial charge in [-0.3, -0.25) is 14.9 Å². The Labute approximate surface area is 180 Å². The smallest absolute Gasteiger partial charge is 0.328 e. The molecule has 2 amide bonds. The van der Waals surface area contributed by atoms with Gasteiger partial charge in [0, 0.05) is 34.3 Å². The number of carboxylic acids is 1. The van der Waals surface area contributed by atoms with Gasteiger partial charge in [-0.2, -0.15) is 9.36 Å². The van der Waals surface area contributed by atoms with Crippen molar-refractivity contribution in [1.82, 2.24) is 9.36 Å². The van der Waals surface area contributed by atoms with E-state index in [9.17, 15) is 14.4 Å². The van der Waals surface area contributed by atoms with Crippen molar-refractivity contribution in [2.45, 2.75) is 35.6 Å². The summed E-state index contributed by atoms with van der Waals surface area (Å²) in [6.07, 6.45) is 2.31. The minimum absolute atomic E-state index is 0.166. The van der Waals surface area contributed by atoms with Crippen LogP contribution in [-0.4, -0.2) is 43.3 Å². The predicted molar refractivity (Wildman–Crippen MR) is 117 cm³/mol. The molecule has 3 N–H and O–H groups in total. The molecule has 154 valence electrons. The van der Waals surface area contributed by atoms with Gasteiger partial charge in [0.15, 0.2) is 0 Å². The molecule has 0 fully saturated rings. The molecule has 0 bridgehead atoms. The summed E-state index contributed by atoms with van der Waals surface area (Å²) < 4.78 is 4.18. The molecule has 1 heterocycles. The zero-order chi connectivity index (χ0) is 21.2. The van der Waals surface area contributed by atoms with Gasteiger partial charge >= 0.3 is 5.97 Å². The average Bonchev–Trinajstić information content (AvgIpc) is 3.12. The molecule has 8 nitrogen and oxygen atoms in total. The van der Waals surface area contributed by atoms with Gasteiger partial charge < -0.3 is 10.4 Å². The van der Waals surface area contributed by atoms with Crippen molar-refractivity contribution in [1.29, 1.82) is 0 Å². The van der Waals surface area contributed by atoms with Gasteiger partial charge in [0.05, 0.1) is 5.25 Å². The monoisotopic (exact) mass is 452 g/mol. The van der Waals surface area contributed by atoms with Gasteiger partial charge in [-0.15, -0.1) is 11.8 Å². The molecule has 1 atom stereocenters. The average molecular weight is 453 g/mol. The molecule has 2 rings (SSSR count). The summed E-state index contributed by atoms with van der Waals surface area (Å²) in [4.78, 5) is 39.9. The van der Waals surface area contributed by atoms with Crippen LogP contribution >= 0.6 is 35.1 Å². The minimum Gasteiger partial charge on any atom is -0.478 e. The number of hydrogen-bond acceptors (Lipinski definition) is 8. The quantitative estimate of drug-likeness (QED) is 0.368. The zero-order valence-electron chi connectivity index (χ0n) is 15.7. The number of nitrogens with zero attached hydrogens (tertiary/aromatic N) is 2. The first-order valence-corrected chi connectivity index (χ1v) is 11.3. The molecule has 0 saturated carbocycles. The second-order valence-corrected chi connectivity index (χ2v) is 8.77. The van der Waals surface area contributed by atoms with E-state index in [0.717, 1.165) is 34.3 Å². The van der Waals surface area contributed by atoms with Crippen LogP contribution in [0.15, 0.2) is 46.5 Å². The summed E-state index contributed by atoms with van der Waals surface area (Å²) in [6.45, 7) is 3.92. The number of carboxylic acid groups (broad SMARTS) is 1. The molecule has 0 saturated heterocycles. The summed E-state index contributed by atoms with van der Waals surface area (Å²) in [5.41, 5.74) is 0.510. The van der Waals surface area contributed by atoms with Crippen LogP contribution in [0.5, 0.6) is 0 Å². The minimum atomic E-state index is -1.20. The molecule has 1 aromatic heterocycles. The van der Waals surface area contributed by atoms with Gasteiger partial charge in [0.1, 0.15) is 0 Å². The van der Waals surface area contributed by atoms with Gasteiger partial charge in [0.2, 0.25) is 22.1 Å². The topological polar surface area (TPSA) is 121 Å². The summed E-state index contributed by atoms with van der Waals surface area (Å²) in [6, 6.07) is 7.01. The molecule has 1 unspecified atom stereocenters. The van der Waals surface area contributed by atoms with E-state index in [1.165, 1.54) is 23.5 Å². The Morgan fingerprint density at radius 1 is 1.24 bits per heavy atom. The molecule has 1 aromatic carbocycles. The van der Waals surface area contributed by atoms with E-state index in [4.69, 9.17) is 5.11 Å². The van der Waals surface area contributed by atoms with Crippen LogP contribution in [0, 0.1) is 0 Å². The number of aliphatic carboxylic acids is 1. The maximum Gasteiger partial charge on any atom is 0.328 e. The van der Waals surface area contributed by atoms with Gasteiger partial charge in [-0.25, -0.2) is 4.79 Å². The van der Waals surface area contributed by atoms with E-state index in [-0.39, 0.29) is 11.2 Å². The van der Waals surface area contributed by atoms with E-state index < -0.39 is 11.9 Å².